The van der Waals surface area contributed by atoms with Gasteiger partial charge in [0.1, 0.15) is 5.75 Å². The summed E-state index contributed by atoms with van der Waals surface area (Å²) in [6.45, 7) is 4.46. The maximum Gasteiger partial charge on any atom is 0.234 e. The largest absolute Gasteiger partial charge is 0.495 e. The van der Waals surface area contributed by atoms with Crippen molar-refractivity contribution in [3.63, 3.8) is 0 Å². The first kappa shape index (κ1) is 21.8. The number of amides is 1. The molecule has 0 radical (unpaired) electrons. The predicted molar refractivity (Wildman–Crippen MR) is 118 cm³/mol. The van der Waals surface area contributed by atoms with E-state index in [9.17, 15) is 4.79 Å². The van der Waals surface area contributed by atoms with Crippen LogP contribution in [0.2, 0.25) is 0 Å². The molecule has 0 atom stereocenters. The number of nitrogens with one attached hydrogen (secondary N) is 1. The molecule has 1 saturated heterocycles. The molecule has 7 nitrogen and oxygen atoms in total. The smallest absolute Gasteiger partial charge is 0.234 e. The number of benzene rings is 2. The minimum atomic E-state index is 0.0567. The van der Waals surface area contributed by atoms with Gasteiger partial charge in [0.15, 0.2) is 11.5 Å². The van der Waals surface area contributed by atoms with Crippen LogP contribution in [0.3, 0.4) is 0 Å². The molecular formula is C23H31N3O4. The Kier molecular flexibility index (Phi) is 7.79. The van der Waals surface area contributed by atoms with Gasteiger partial charge in [-0.3, -0.25) is 9.69 Å². The molecule has 0 aromatic heterocycles. The Morgan fingerprint density at radius 3 is 2.30 bits per heavy atom. The summed E-state index contributed by atoms with van der Waals surface area (Å²) in [5.74, 6) is 2.35. The van der Waals surface area contributed by atoms with Crippen LogP contribution in [0.4, 0.5) is 5.69 Å². The van der Waals surface area contributed by atoms with Gasteiger partial charge in [-0.05, 0) is 36.2 Å². The Morgan fingerprint density at radius 2 is 1.60 bits per heavy atom. The summed E-state index contributed by atoms with van der Waals surface area (Å²) in [6, 6.07) is 13.9. The highest BCUT2D eigenvalue weighted by Crippen LogP contribution is 2.28. The lowest BCUT2D eigenvalue weighted by Gasteiger charge is -2.36. The Balaban J connectivity index is 1.41. The molecule has 7 heteroatoms. The third-order valence-corrected chi connectivity index (χ3v) is 5.35. The van der Waals surface area contributed by atoms with E-state index in [-0.39, 0.29) is 5.91 Å². The summed E-state index contributed by atoms with van der Waals surface area (Å²) >= 11 is 0. The van der Waals surface area contributed by atoms with Crippen molar-refractivity contribution in [1.82, 2.24) is 10.2 Å². The van der Waals surface area contributed by atoms with Crippen LogP contribution >= 0.6 is 0 Å². The molecule has 1 aliphatic heterocycles. The molecule has 2 aromatic carbocycles. The van der Waals surface area contributed by atoms with Crippen LogP contribution in [0.5, 0.6) is 17.2 Å². The van der Waals surface area contributed by atoms with E-state index in [2.05, 4.69) is 21.2 Å². The molecule has 0 saturated carbocycles. The standard InChI is InChI=1S/C23H31N3O4/c1-28-20-7-5-4-6-19(20)26-14-12-25(13-15-26)17-23(27)24-11-10-18-8-9-21(29-2)22(16-18)30-3/h4-9,16H,10-15,17H2,1-3H3,(H,24,27). The van der Waals surface area contributed by atoms with Gasteiger partial charge in [0.25, 0.3) is 0 Å². The molecule has 1 amide bonds. The van der Waals surface area contributed by atoms with E-state index in [1.165, 1.54) is 0 Å². The second-order valence-electron chi connectivity index (χ2n) is 7.22. The van der Waals surface area contributed by atoms with Crippen molar-refractivity contribution >= 4 is 11.6 Å². The van der Waals surface area contributed by atoms with E-state index in [1.807, 2.05) is 36.4 Å². The number of nitrogens with zero attached hydrogens (tertiary/aromatic N) is 2. The van der Waals surface area contributed by atoms with Crippen molar-refractivity contribution in [3.8, 4) is 17.2 Å². The minimum Gasteiger partial charge on any atom is -0.495 e. The highest BCUT2D eigenvalue weighted by molar-refractivity contribution is 5.78. The lowest BCUT2D eigenvalue weighted by Crippen LogP contribution is -2.49. The van der Waals surface area contributed by atoms with Crippen LogP contribution in [-0.4, -0.2) is 71.4 Å². The number of carbonyl (C=O) groups excluding carboxylic acids is 1. The van der Waals surface area contributed by atoms with Crippen molar-refractivity contribution in [1.29, 1.82) is 0 Å². The Hall–Kier alpha value is -2.93. The second kappa shape index (κ2) is 10.7. The molecule has 0 bridgehead atoms. The number of carbonyl (C=O) groups is 1. The third kappa shape index (κ3) is 5.57. The SMILES string of the molecule is COc1ccc(CCNC(=O)CN2CCN(c3ccccc3OC)CC2)cc1OC. The number of hydrogen-bond donors (Lipinski definition) is 1. The predicted octanol–water partition coefficient (Wildman–Crippen LogP) is 2.19. The lowest BCUT2D eigenvalue weighted by atomic mass is 10.1. The van der Waals surface area contributed by atoms with Crippen LogP contribution in [0, 0.1) is 0 Å². The number of para-hydroxylation sites is 2. The van der Waals surface area contributed by atoms with E-state index in [0.717, 1.165) is 49.6 Å². The van der Waals surface area contributed by atoms with Gasteiger partial charge in [-0.1, -0.05) is 18.2 Å². The molecule has 1 heterocycles. The van der Waals surface area contributed by atoms with Crippen molar-refractivity contribution in [2.45, 2.75) is 6.42 Å². The topological polar surface area (TPSA) is 63.3 Å². The molecule has 2 aromatic rings. The van der Waals surface area contributed by atoms with Gasteiger partial charge >= 0.3 is 0 Å². The Labute approximate surface area is 178 Å². The third-order valence-electron chi connectivity index (χ3n) is 5.35. The zero-order valence-corrected chi connectivity index (χ0v) is 18.0. The second-order valence-corrected chi connectivity index (χ2v) is 7.22. The van der Waals surface area contributed by atoms with Gasteiger partial charge < -0.3 is 24.4 Å². The molecule has 3 rings (SSSR count). The lowest BCUT2D eigenvalue weighted by molar-refractivity contribution is -0.122. The number of rotatable bonds is 9. The summed E-state index contributed by atoms with van der Waals surface area (Å²) in [5, 5.41) is 3.02. The van der Waals surface area contributed by atoms with Gasteiger partial charge in [0.2, 0.25) is 5.91 Å². The fourth-order valence-corrected chi connectivity index (χ4v) is 3.68. The van der Waals surface area contributed by atoms with Crippen LogP contribution in [0.15, 0.2) is 42.5 Å². The van der Waals surface area contributed by atoms with Crippen molar-refractivity contribution in [2.75, 3.05) is 65.5 Å². The van der Waals surface area contributed by atoms with Crippen LogP contribution in [0.25, 0.3) is 0 Å². The highest BCUT2D eigenvalue weighted by Gasteiger charge is 2.20. The monoisotopic (exact) mass is 413 g/mol. The van der Waals surface area contributed by atoms with Crippen molar-refractivity contribution in [3.05, 3.63) is 48.0 Å². The number of methoxy groups -OCH3 is 3. The summed E-state index contributed by atoms with van der Waals surface area (Å²) < 4.78 is 16.0. The van der Waals surface area contributed by atoms with E-state index in [4.69, 9.17) is 14.2 Å². The van der Waals surface area contributed by atoms with Crippen LogP contribution < -0.4 is 24.4 Å². The van der Waals surface area contributed by atoms with Gasteiger partial charge in [0, 0.05) is 32.7 Å². The van der Waals surface area contributed by atoms with Gasteiger partial charge in [-0.15, -0.1) is 0 Å². The summed E-state index contributed by atoms with van der Waals surface area (Å²) in [6.07, 6.45) is 0.744. The zero-order chi connectivity index (χ0) is 21.3. The fraction of sp³-hybridized carbons (Fsp3) is 0.435. The highest BCUT2D eigenvalue weighted by atomic mass is 16.5. The van der Waals surface area contributed by atoms with Crippen molar-refractivity contribution in [2.24, 2.45) is 0 Å². The Bertz CT molecular complexity index is 835. The Morgan fingerprint density at radius 1 is 0.900 bits per heavy atom. The van der Waals surface area contributed by atoms with E-state index in [1.54, 1.807) is 21.3 Å². The molecule has 1 N–H and O–H groups in total. The maximum absolute atomic E-state index is 12.3. The molecule has 1 aliphatic rings. The van der Waals surface area contributed by atoms with Crippen LogP contribution in [-0.2, 0) is 11.2 Å². The average Bonchev–Trinajstić information content (AvgIpc) is 2.79. The number of piperazine rings is 1. The first-order valence-corrected chi connectivity index (χ1v) is 10.2. The molecule has 162 valence electrons. The van der Waals surface area contributed by atoms with E-state index >= 15 is 0 Å². The quantitative estimate of drug-likeness (QED) is 0.680. The van der Waals surface area contributed by atoms with E-state index in [0.29, 0.717) is 24.6 Å². The van der Waals surface area contributed by atoms with Gasteiger partial charge in [-0.25, -0.2) is 0 Å². The number of ether oxygens (including phenoxy) is 3. The zero-order valence-electron chi connectivity index (χ0n) is 18.0. The molecular weight excluding hydrogens is 382 g/mol. The average molecular weight is 414 g/mol. The van der Waals surface area contributed by atoms with Crippen molar-refractivity contribution < 1.29 is 19.0 Å². The first-order valence-electron chi connectivity index (χ1n) is 10.2. The summed E-state index contributed by atoms with van der Waals surface area (Å²) in [4.78, 5) is 16.8. The van der Waals surface area contributed by atoms with Gasteiger partial charge in [-0.2, -0.15) is 0 Å². The number of anilines is 1. The minimum absolute atomic E-state index is 0.0567. The maximum atomic E-state index is 12.3. The van der Waals surface area contributed by atoms with E-state index < -0.39 is 0 Å². The molecule has 1 fully saturated rings. The summed E-state index contributed by atoms with van der Waals surface area (Å²) in [7, 11) is 4.94. The van der Waals surface area contributed by atoms with Crippen LogP contribution in [0.1, 0.15) is 5.56 Å². The normalized spacial score (nSPS) is 14.3. The summed E-state index contributed by atoms with van der Waals surface area (Å²) in [5.41, 5.74) is 2.21. The van der Waals surface area contributed by atoms with Gasteiger partial charge in [0.05, 0.1) is 33.6 Å². The molecule has 30 heavy (non-hydrogen) atoms. The molecule has 0 spiro atoms. The first-order chi connectivity index (χ1) is 14.6. The number of hydrogen-bond acceptors (Lipinski definition) is 6. The molecule has 0 aliphatic carbocycles. The molecule has 0 unspecified atom stereocenters. The fourth-order valence-electron chi connectivity index (χ4n) is 3.68.